The number of aryl methyl sites for hydroxylation is 1. The average molecular weight is 378 g/mol. The minimum Gasteiger partial charge on any atom is -0.340 e. The van der Waals surface area contributed by atoms with E-state index in [0.717, 1.165) is 43.1 Å². The van der Waals surface area contributed by atoms with E-state index >= 15 is 0 Å². The molecule has 1 atom stereocenters. The Balaban J connectivity index is 1.44. The first-order chi connectivity index (χ1) is 13.7. The SMILES string of the molecule is CCc1nccn1CC(=O)N1CCCC(c2nccn2Cc2ccccn2)C1. The molecule has 1 aliphatic rings. The molecule has 0 radical (unpaired) electrons. The van der Waals surface area contributed by atoms with Crippen LogP contribution in [0.3, 0.4) is 0 Å². The van der Waals surface area contributed by atoms with Gasteiger partial charge in [-0.25, -0.2) is 9.97 Å². The highest BCUT2D eigenvalue weighted by molar-refractivity contribution is 5.76. The number of piperidine rings is 1. The summed E-state index contributed by atoms with van der Waals surface area (Å²) in [6.07, 6.45) is 12.2. The Morgan fingerprint density at radius 2 is 1.96 bits per heavy atom. The highest BCUT2D eigenvalue weighted by Gasteiger charge is 2.27. The fraction of sp³-hybridized carbons (Fsp3) is 0.429. The van der Waals surface area contributed by atoms with Crippen LogP contribution in [0.25, 0.3) is 0 Å². The zero-order valence-corrected chi connectivity index (χ0v) is 16.2. The summed E-state index contributed by atoms with van der Waals surface area (Å²) in [7, 11) is 0. The van der Waals surface area contributed by atoms with Crippen LogP contribution in [0.2, 0.25) is 0 Å². The van der Waals surface area contributed by atoms with E-state index in [1.54, 1.807) is 6.20 Å². The maximum Gasteiger partial charge on any atom is 0.242 e. The maximum atomic E-state index is 12.9. The van der Waals surface area contributed by atoms with E-state index in [4.69, 9.17) is 0 Å². The number of hydrogen-bond donors (Lipinski definition) is 0. The molecular weight excluding hydrogens is 352 g/mol. The quantitative estimate of drug-likeness (QED) is 0.661. The summed E-state index contributed by atoms with van der Waals surface area (Å²) in [6.45, 7) is 4.65. The molecule has 146 valence electrons. The summed E-state index contributed by atoms with van der Waals surface area (Å²) in [5, 5.41) is 0. The van der Waals surface area contributed by atoms with E-state index in [-0.39, 0.29) is 11.8 Å². The van der Waals surface area contributed by atoms with Crippen LogP contribution in [0.1, 0.15) is 43.0 Å². The van der Waals surface area contributed by atoms with Gasteiger partial charge in [-0.3, -0.25) is 9.78 Å². The molecule has 0 N–H and O–H groups in total. The first-order valence-corrected chi connectivity index (χ1v) is 9.93. The second kappa shape index (κ2) is 8.37. The number of carbonyl (C=O) groups is 1. The highest BCUT2D eigenvalue weighted by Crippen LogP contribution is 2.26. The van der Waals surface area contributed by atoms with Gasteiger partial charge in [0.05, 0.1) is 12.2 Å². The number of aromatic nitrogens is 5. The van der Waals surface area contributed by atoms with Crippen molar-refractivity contribution < 1.29 is 4.79 Å². The predicted molar refractivity (Wildman–Crippen MR) is 106 cm³/mol. The van der Waals surface area contributed by atoms with Gasteiger partial charge in [0.25, 0.3) is 0 Å². The third-order valence-corrected chi connectivity index (χ3v) is 5.37. The molecule has 3 aromatic heterocycles. The monoisotopic (exact) mass is 378 g/mol. The van der Waals surface area contributed by atoms with Crippen molar-refractivity contribution in [2.45, 2.75) is 45.2 Å². The van der Waals surface area contributed by atoms with Gasteiger partial charge in [0.15, 0.2) is 0 Å². The van der Waals surface area contributed by atoms with Crippen molar-refractivity contribution in [1.29, 1.82) is 0 Å². The van der Waals surface area contributed by atoms with E-state index in [1.165, 1.54) is 0 Å². The number of hydrogen-bond acceptors (Lipinski definition) is 4. The molecule has 4 rings (SSSR count). The summed E-state index contributed by atoms with van der Waals surface area (Å²) >= 11 is 0. The first kappa shape index (κ1) is 18.4. The van der Waals surface area contributed by atoms with Gasteiger partial charge in [-0.2, -0.15) is 0 Å². The summed E-state index contributed by atoms with van der Waals surface area (Å²) in [4.78, 5) is 28.2. The minimum atomic E-state index is 0.153. The normalized spacial score (nSPS) is 17.0. The molecular formula is C21H26N6O. The first-order valence-electron chi connectivity index (χ1n) is 9.93. The second-order valence-electron chi connectivity index (χ2n) is 7.24. The minimum absolute atomic E-state index is 0.153. The summed E-state index contributed by atoms with van der Waals surface area (Å²) in [5.74, 6) is 2.40. The van der Waals surface area contributed by atoms with Gasteiger partial charge in [-0.1, -0.05) is 13.0 Å². The Hall–Kier alpha value is -2.96. The number of carbonyl (C=O) groups excluding carboxylic acids is 1. The fourth-order valence-electron chi connectivity index (χ4n) is 3.94. The van der Waals surface area contributed by atoms with Crippen molar-refractivity contribution in [2.24, 2.45) is 0 Å². The second-order valence-corrected chi connectivity index (χ2v) is 7.24. The van der Waals surface area contributed by atoms with Crippen molar-refractivity contribution in [2.75, 3.05) is 13.1 Å². The zero-order valence-electron chi connectivity index (χ0n) is 16.2. The lowest BCUT2D eigenvalue weighted by molar-refractivity contribution is -0.133. The van der Waals surface area contributed by atoms with Crippen LogP contribution in [0, 0.1) is 0 Å². The molecule has 4 heterocycles. The number of likely N-dealkylation sites (tertiary alicyclic amines) is 1. The molecule has 3 aromatic rings. The molecule has 1 amide bonds. The summed E-state index contributed by atoms with van der Waals surface area (Å²) in [6, 6.07) is 5.95. The lowest BCUT2D eigenvalue weighted by Gasteiger charge is -2.33. The van der Waals surface area contributed by atoms with Gasteiger partial charge < -0.3 is 14.0 Å². The molecule has 7 heteroatoms. The predicted octanol–water partition coefficient (Wildman–Crippen LogP) is 2.49. The van der Waals surface area contributed by atoms with Gasteiger partial charge in [0.2, 0.25) is 5.91 Å². The molecule has 28 heavy (non-hydrogen) atoms. The van der Waals surface area contributed by atoms with Crippen LogP contribution in [0.5, 0.6) is 0 Å². The number of amides is 1. The Kier molecular flexibility index (Phi) is 5.50. The summed E-state index contributed by atoms with van der Waals surface area (Å²) < 4.78 is 4.11. The lowest BCUT2D eigenvalue weighted by Crippen LogP contribution is -2.41. The van der Waals surface area contributed by atoms with Crippen LogP contribution in [-0.2, 0) is 24.3 Å². The third kappa shape index (κ3) is 3.98. The number of nitrogens with zero attached hydrogens (tertiary/aromatic N) is 6. The van der Waals surface area contributed by atoms with Crippen LogP contribution >= 0.6 is 0 Å². The molecule has 1 aliphatic heterocycles. The Morgan fingerprint density at radius 3 is 2.79 bits per heavy atom. The number of pyridine rings is 1. The van der Waals surface area contributed by atoms with E-state index in [2.05, 4.69) is 26.4 Å². The van der Waals surface area contributed by atoms with Crippen molar-refractivity contribution in [3.05, 3.63) is 66.5 Å². The molecule has 0 aliphatic carbocycles. The Morgan fingerprint density at radius 1 is 1.11 bits per heavy atom. The largest absolute Gasteiger partial charge is 0.340 e. The van der Waals surface area contributed by atoms with Gasteiger partial charge in [-0.05, 0) is 25.0 Å². The molecule has 1 unspecified atom stereocenters. The molecule has 0 saturated carbocycles. The number of rotatable bonds is 6. The standard InChI is InChI=1S/C21H26N6O/c1-2-19-23-9-12-25(19)16-20(28)26-11-5-6-17(14-26)21-24-10-13-27(21)15-18-7-3-4-8-22-18/h3-4,7-10,12-13,17H,2,5-6,11,14-16H2,1H3. The van der Waals surface area contributed by atoms with Crippen LogP contribution in [-0.4, -0.2) is 48.0 Å². The smallest absolute Gasteiger partial charge is 0.242 e. The average Bonchev–Trinajstić information content (AvgIpc) is 3.38. The van der Waals surface area contributed by atoms with E-state index in [1.807, 2.05) is 52.5 Å². The van der Waals surface area contributed by atoms with Crippen molar-refractivity contribution in [1.82, 2.24) is 29.0 Å². The Bertz CT molecular complexity index is 916. The van der Waals surface area contributed by atoms with E-state index in [9.17, 15) is 4.79 Å². The zero-order chi connectivity index (χ0) is 19.3. The molecule has 1 saturated heterocycles. The molecule has 0 aromatic carbocycles. The van der Waals surface area contributed by atoms with Crippen molar-refractivity contribution in [3.63, 3.8) is 0 Å². The molecule has 1 fully saturated rings. The van der Waals surface area contributed by atoms with Crippen molar-refractivity contribution in [3.8, 4) is 0 Å². The van der Waals surface area contributed by atoms with E-state index < -0.39 is 0 Å². The maximum absolute atomic E-state index is 12.9. The van der Waals surface area contributed by atoms with Crippen LogP contribution in [0.15, 0.2) is 49.2 Å². The van der Waals surface area contributed by atoms with Crippen LogP contribution in [0.4, 0.5) is 0 Å². The molecule has 0 spiro atoms. The number of imidazole rings is 2. The van der Waals surface area contributed by atoms with Crippen LogP contribution < -0.4 is 0 Å². The van der Waals surface area contributed by atoms with Crippen molar-refractivity contribution >= 4 is 5.91 Å². The van der Waals surface area contributed by atoms with Gasteiger partial charge in [0, 0.05) is 56.4 Å². The summed E-state index contributed by atoms with van der Waals surface area (Å²) in [5.41, 5.74) is 1.01. The van der Waals surface area contributed by atoms with Gasteiger partial charge in [0.1, 0.15) is 18.2 Å². The molecule has 0 bridgehead atoms. The Labute approximate surface area is 165 Å². The third-order valence-electron chi connectivity index (χ3n) is 5.37. The highest BCUT2D eigenvalue weighted by atomic mass is 16.2. The topological polar surface area (TPSA) is 68.8 Å². The fourth-order valence-corrected chi connectivity index (χ4v) is 3.94. The molecule has 7 nitrogen and oxygen atoms in total. The van der Waals surface area contributed by atoms with Gasteiger partial charge >= 0.3 is 0 Å². The van der Waals surface area contributed by atoms with Gasteiger partial charge in [-0.15, -0.1) is 0 Å². The van der Waals surface area contributed by atoms with E-state index in [0.29, 0.717) is 19.6 Å². The lowest BCUT2D eigenvalue weighted by atomic mass is 9.97.